The molecule has 2 rings (SSSR count). The largest absolute Gasteiger partial charge is 0.294 e. The third kappa shape index (κ3) is 2.40. The Labute approximate surface area is 106 Å². The summed E-state index contributed by atoms with van der Waals surface area (Å²) >= 11 is 0. The van der Waals surface area contributed by atoms with E-state index >= 15 is 0 Å². The number of benzene rings is 1. The Hall–Kier alpha value is -1.77. The smallest absolute Gasteiger partial charge is 0.172 e. The second kappa shape index (κ2) is 4.48. The molecule has 0 amide bonds. The molecule has 0 unspecified atom stereocenters. The van der Waals surface area contributed by atoms with Crippen molar-refractivity contribution in [3.05, 3.63) is 41.2 Å². The second-order valence-corrected chi connectivity index (χ2v) is 5.25. The minimum absolute atomic E-state index is 0.149. The van der Waals surface area contributed by atoms with Gasteiger partial charge in [-0.15, -0.1) is 0 Å². The average molecular weight is 246 g/mol. The zero-order valence-corrected chi connectivity index (χ0v) is 10.5. The van der Waals surface area contributed by atoms with Gasteiger partial charge in [0.1, 0.15) is 5.82 Å². The summed E-state index contributed by atoms with van der Waals surface area (Å²) in [4.78, 5) is 24.0. The summed E-state index contributed by atoms with van der Waals surface area (Å²) in [5.41, 5.74) is 0.230. The van der Waals surface area contributed by atoms with Crippen LogP contribution in [0.15, 0.2) is 29.8 Å². The molecule has 18 heavy (non-hydrogen) atoms. The summed E-state index contributed by atoms with van der Waals surface area (Å²) < 4.78 is 13.1. The quantitative estimate of drug-likeness (QED) is 0.563. The molecular formula is C15H15FO2. The van der Waals surface area contributed by atoms with E-state index in [1.54, 1.807) is 12.1 Å². The van der Waals surface area contributed by atoms with E-state index < -0.39 is 5.41 Å². The molecule has 1 aromatic rings. The van der Waals surface area contributed by atoms with Crippen LogP contribution in [0.4, 0.5) is 4.39 Å². The van der Waals surface area contributed by atoms with Crippen LogP contribution in [0.2, 0.25) is 0 Å². The molecule has 2 nitrogen and oxygen atoms in total. The minimum atomic E-state index is -0.507. The fourth-order valence-electron chi connectivity index (χ4n) is 2.07. The van der Waals surface area contributed by atoms with Gasteiger partial charge in [0.05, 0.1) is 5.57 Å². The maximum Gasteiger partial charge on any atom is 0.172 e. The van der Waals surface area contributed by atoms with Crippen LogP contribution in [0.3, 0.4) is 0 Å². The maximum atomic E-state index is 13.1. The first kappa shape index (κ1) is 12.7. The van der Waals surface area contributed by atoms with Crippen LogP contribution < -0.4 is 0 Å². The number of ketones is 2. The highest BCUT2D eigenvalue weighted by Gasteiger charge is 2.37. The minimum Gasteiger partial charge on any atom is -0.294 e. The van der Waals surface area contributed by atoms with Gasteiger partial charge in [-0.1, -0.05) is 26.0 Å². The Morgan fingerprint density at radius 1 is 1.28 bits per heavy atom. The first-order chi connectivity index (χ1) is 8.40. The molecule has 0 radical (unpaired) electrons. The fourth-order valence-corrected chi connectivity index (χ4v) is 2.07. The van der Waals surface area contributed by atoms with Crippen molar-refractivity contribution in [1.29, 1.82) is 0 Å². The molecule has 0 aliphatic heterocycles. The van der Waals surface area contributed by atoms with Gasteiger partial charge in [-0.25, -0.2) is 4.39 Å². The molecule has 0 heterocycles. The summed E-state index contributed by atoms with van der Waals surface area (Å²) in [5.74, 6) is -0.675. The number of allylic oxidation sites excluding steroid dienone is 1. The van der Waals surface area contributed by atoms with Crippen LogP contribution in [0.1, 0.15) is 32.3 Å². The van der Waals surface area contributed by atoms with Crippen LogP contribution >= 0.6 is 0 Å². The molecule has 0 N–H and O–H groups in total. The van der Waals surface area contributed by atoms with Crippen LogP contribution in [0, 0.1) is 11.2 Å². The van der Waals surface area contributed by atoms with Crippen molar-refractivity contribution in [1.82, 2.24) is 0 Å². The van der Waals surface area contributed by atoms with Crippen LogP contribution in [-0.4, -0.2) is 11.6 Å². The Morgan fingerprint density at radius 3 is 2.67 bits per heavy atom. The van der Waals surface area contributed by atoms with Gasteiger partial charge in [-0.2, -0.15) is 0 Å². The first-order valence-corrected chi connectivity index (χ1v) is 5.95. The topological polar surface area (TPSA) is 34.1 Å². The number of hydrogen-bond acceptors (Lipinski definition) is 2. The Bertz CT molecular complexity index is 541. The molecule has 1 aromatic carbocycles. The molecule has 94 valence electrons. The number of rotatable bonds is 1. The SMILES string of the molecule is CC1(C)CCC(=O)/C(=C/c2cccc(F)c2)C1=O. The van der Waals surface area contributed by atoms with Crippen LogP contribution in [0.25, 0.3) is 6.08 Å². The van der Waals surface area contributed by atoms with E-state index in [2.05, 4.69) is 0 Å². The molecule has 0 spiro atoms. The highest BCUT2D eigenvalue weighted by atomic mass is 19.1. The van der Waals surface area contributed by atoms with Crippen molar-refractivity contribution in [2.45, 2.75) is 26.7 Å². The average Bonchev–Trinajstić information content (AvgIpc) is 2.31. The zero-order valence-electron chi connectivity index (χ0n) is 10.5. The summed E-state index contributed by atoms with van der Waals surface area (Å²) in [6.45, 7) is 3.67. The van der Waals surface area contributed by atoms with Gasteiger partial charge < -0.3 is 0 Å². The molecule has 1 aliphatic rings. The molecule has 1 saturated carbocycles. The van der Waals surface area contributed by atoms with Crippen molar-refractivity contribution in [2.75, 3.05) is 0 Å². The van der Waals surface area contributed by atoms with E-state index in [4.69, 9.17) is 0 Å². The lowest BCUT2D eigenvalue weighted by Crippen LogP contribution is -2.34. The number of hydrogen-bond donors (Lipinski definition) is 0. The lowest BCUT2D eigenvalue weighted by Gasteiger charge is -2.28. The van der Waals surface area contributed by atoms with Gasteiger partial charge in [0.15, 0.2) is 11.6 Å². The van der Waals surface area contributed by atoms with E-state index in [1.165, 1.54) is 18.2 Å². The first-order valence-electron chi connectivity index (χ1n) is 5.95. The van der Waals surface area contributed by atoms with Gasteiger partial charge in [-0.3, -0.25) is 9.59 Å². The lowest BCUT2D eigenvalue weighted by molar-refractivity contribution is -0.130. The van der Waals surface area contributed by atoms with Crippen molar-refractivity contribution in [3.8, 4) is 0 Å². The zero-order chi connectivity index (χ0) is 13.3. The monoisotopic (exact) mass is 246 g/mol. The van der Waals surface area contributed by atoms with Crippen molar-refractivity contribution >= 4 is 17.6 Å². The van der Waals surface area contributed by atoms with Gasteiger partial charge in [0.25, 0.3) is 0 Å². The fraction of sp³-hybridized carbons (Fsp3) is 0.333. The van der Waals surface area contributed by atoms with E-state index in [1.807, 2.05) is 13.8 Å². The third-order valence-electron chi connectivity index (χ3n) is 3.30. The summed E-state index contributed by atoms with van der Waals surface area (Å²) in [7, 11) is 0. The van der Waals surface area contributed by atoms with Gasteiger partial charge in [0.2, 0.25) is 0 Å². The molecule has 1 aliphatic carbocycles. The lowest BCUT2D eigenvalue weighted by atomic mass is 9.73. The number of carbonyl (C=O) groups excluding carboxylic acids is 2. The molecule has 0 bridgehead atoms. The van der Waals surface area contributed by atoms with Crippen molar-refractivity contribution < 1.29 is 14.0 Å². The second-order valence-electron chi connectivity index (χ2n) is 5.25. The standard InChI is InChI=1S/C15H15FO2/c1-15(2)7-6-13(17)12(14(15)18)9-10-4-3-5-11(16)8-10/h3-5,8-9H,6-7H2,1-2H3/b12-9-. The van der Waals surface area contributed by atoms with E-state index in [-0.39, 0.29) is 23.0 Å². The van der Waals surface area contributed by atoms with E-state index in [0.29, 0.717) is 18.4 Å². The van der Waals surface area contributed by atoms with Crippen LogP contribution in [-0.2, 0) is 9.59 Å². The normalized spacial score (nSPS) is 21.4. The molecule has 1 fully saturated rings. The Morgan fingerprint density at radius 2 is 2.00 bits per heavy atom. The molecule has 0 aromatic heterocycles. The van der Waals surface area contributed by atoms with Gasteiger partial charge >= 0.3 is 0 Å². The number of carbonyl (C=O) groups is 2. The van der Waals surface area contributed by atoms with E-state index in [0.717, 1.165) is 0 Å². The predicted octanol–water partition coefficient (Wildman–Crippen LogP) is 3.17. The maximum absolute atomic E-state index is 13.1. The number of halogens is 1. The van der Waals surface area contributed by atoms with Crippen molar-refractivity contribution in [3.63, 3.8) is 0 Å². The molecule has 3 heteroatoms. The third-order valence-corrected chi connectivity index (χ3v) is 3.30. The van der Waals surface area contributed by atoms with Crippen LogP contribution in [0.5, 0.6) is 0 Å². The molecule has 0 saturated heterocycles. The summed E-state index contributed by atoms with van der Waals surface area (Å²) in [6, 6.07) is 5.88. The predicted molar refractivity (Wildman–Crippen MR) is 67.4 cm³/mol. The Kier molecular flexibility index (Phi) is 3.16. The Balaban J connectivity index is 2.41. The highest BCUT2D eigenvalue weighted by molar-refractivity contribution is 6.26. The molecular weight excluding hydrogens is 231 g/mol. The van der Waals surface area contributed by atoms with Gasteiger partial charge in [-0.05, 0) is 30.2 Å². The van der Waals surface area contributed by atoms with E-state index in [9.17, 15) is 14.0 Å². The highest BCUT2D eigenvalue weighted by Crippen LogP contribution is 2.34. The molecule has 0 atom stereocenters. The van der Waals surface area contributed by atoms with Crippen molar-refractivity contribution in [2.24, 2.45) is 5.41 Å². The number of Topliss-reactive ketones (excluding diaryl/α,β-unsaturated/α-hetero) is 2. The van der Waals surface area contributed by atoms with Gasteiger partial charge in [0, 0.05) is 11.8 Å². The summed E-state index contributed by atoms with van der Waals surface area (Å²) in [6.07, 6.45) is 2.44. The summed E-state index contributed by atoms with van der Waals surface area (Å²) in [5, 5.41) is 0.